The minimum atomic E-state index is -1.02. The molecule has 0 saturated heterocycles. The summed E-state index contributed by atoms with van der Waals surface area (Å²) in [5.41, 5.74) is 2.37. The van der Waals surface area contributed by atoms with E-state index in [9.17, 15) is 9.90 Å². The van der Waals surface area contributed by atoms with E-state index in [2.05, 4.69) is 16.0 Å². The van der Waals surface area contributed by atoms with Crippen LogP contribution in [0.25, 0.3) is 0 Å². The van der Waals surface area contributed by atoms with Gasteiger partial charge in [-0.05, 0) is 25.5 Å². The van der Waals surface area contributed by atoms with Gasteiger partial charge in [-0.2, -0.15) is 0 Å². The first kappa shape index (κ1) is 15.5. The smallest absolute Gasteiger partial charge is 0.355 e. The van der Waals surface area contributed by atoms with E-state index in [1.807, 2.05) is 39.8 Å². The lowest BCUT2D eigenvalue weighted by Gasteiger charge is -2.10. The zero-order valence-corrected chi connectivity index (χ0v) is 13.4. The normalized spacial score (nSPS) is 10.9. The molecule has 0 aliphatic carbocycles. The van der Waals surface area contributed by atoms with E-state index >= 15 is 0 Å². The minimum Gasteiger partial charge on any atom is -0.476 e. The average molecular weight is 302 g/mol. The maximum Gasteiger partial charge on any atom is 0.355 e. The van der Waals surface area contributed by atoms with Crippen molar-refractivity contribution in [2.75, 3.05) is 0 Å². The number of carbonyl (C=O) groups is 1. The number of hydrogen-bond donors (Lipinski definition) is 1. The van der Waals surface area contributed by atoms with Gasteiger partial charge in [-0.3, -0.25) is 0 Å². The fourth-order valence-corrected chi connectivity index (χ4v) is 2.85. The van der Waals surface area contributed by atoms with E-state index < -0.39 is 5.97 Å². The van der Waals surface area contributed by atoms with Crippen molar-refractivity contribution in [3.63, 3.8) is 0 Å². The van der Waals surface area contributed by atoms with Crippen LogP contribution in [0.5, 0.6) is 0 Å². The van der Waals surface area contributed by atoms with Crippen LogP contribution in [0.2, 0.25) is 0 Å². The number of aryl methyl sites for hydroxylation is 2. The first-order chi connectivity index (χ1) is 9.88. The Balaban J connectivity index is 2.41. The lowest BCUT2D eigenvalue weighted by Crippen LogP contribution is -2.08. The lowest BCUT2D eigenvalue weighted by atomic mass is 10.2. The molecule has 0 amide bonds. The Morgan fingerprint density at radius 1 is 1.24 bits per heavy atom. The summed E-state index contributed by atoms with van der Waals surface area (Å²) in [6.45, 7) is 7.93. The summed E-state index contributed by atoms with van der Waals surface area (Å²) in [7, 11) is 0. The van der Waals surface area contributed by atoms with Crippen molar-refractivity contribution in [3.8, 4) is 0 Å². The molecule has 0 spiro atoms. The van der Waals surface area contributed by atoms with Gasteiger partial charge in [0, 0.05) is 17.0 Å². The Labute approximate surface area is 128 Å². The summed E-state index contributed by atoms with van der Waals surface area (Å²) >= 11 is 1.39. The molecule has 2 aromatic rings. The van der Waals surface area contributed by atoms with Gasteiger partial charge in [-0.1, -0.05) is 43.3 Å². The molecule has 0 fully saturated rings. The van der Waals surface area contributed by atoms with Crippen molar-refractivity contribution in [2.24, 2.45) is 0 Å². The van der Waals surface area contributed by atoms with E-state index in [4.69, 9.17) is 0 Å². The molecule has 0 aliphatic heterocycles. The van der Waals surface area contributed by atoms with Crippen LogP contribution in [0.4, 0.5) is 0 Å². The number of nitrogens with zero attached hydrogens (tertiary/aromatic N) is 2. The molecular formula is C16H18N2O2S. The maximum atomic E-state index is 11.4. The lowest BCUT2D eigenvalue weighted by molar-refractivity contribution is 0.0685. The van der Waals surface area contributed by atoms with E-state index in [0.29, 0.717) is 10.7 Å². The number of carboxylic acids is 1. The number of benzene rings is 1. The van der Waals surface area contributed by atoms with Gasteiger partial charge in [-0.25, -0.2) is 14.8 Å². The van der Waals surface area contributed by atoms with Crippen LogP contribution in [-0.4, -0.2) is 21.0 Å². The second-order valence-electron chi connectivity index (χ2n) is 5.27. The van der Waals surface area contributed by atoms with Crippen molar-refractivity contribution in [1.29, 1.82) is 0 Å². The molecule has 4 nitrogen and oxygen atoms in total. The molecule has 0 atom stereocenters. The zero-order chi connectivity index (χ0) is 15.6. The highest BCUT2D eigenvalue weighted by molar-refractivity contribution is 7.99. The predicted octanol–water partition coefficient (Wildman–Crippen LogP) is 4.07. The quantitative estimate of drug-likeness (QED) is 0.922. The summed E-state index contributed by atoms with van der Waals surface area (Å²) in [6.07, 6.45) is 1.61. The Hall–Kier alpha value is -1.88. The van der Waals surface area contributed by atoms with Crippen molar-refractivity contribution in [2.45, 2.75) is 43.4 Å². The van der Waals surface area contributed by atoms with Gasteiger partial charge >= 0.3 is 5.97 Å². The monoisotopic (exact) mass is 302 g/mol. The van der Waals surface area contributed by atoms with Gasteiger partial charge in [0.15, 0.2) is 5.69 Å². The average Bonchev–Trinajstić information content (AvgIpc) is 2.41. The highest BCUT2D eigenvalue weighted by Gasteiger charge is 2.17. The van der Waals surface area contributed by atoms with Gasteiger partial charge in [0.25, 0.3) is 0 Å². The largest absolute Gasteiger partial charge is 0.476 e. The van der Waals surface area contributed by atoms with Gasteiger partial charge in [0.05, 0.1) is 4.90 Å². The highest BCUT2D eigenvalue weighted by Crippen LogP contribution is 2.32. The summed E-state index contributed by atoms with van der Waals surface area (Å²) in [5, 5.41) is 9.36. The fourth-order valence-electron chi connectivity index (χ4n) is 1.92. The van der Waals surface area contributed by atoms with Crippen molar-refractivity contribution >= 4 is 17.7 Å². The molecule has 0 unspecified atom stereocenters. The Kier molecular flexibility index (Phi) is 4.63. The molecule has 1 heterocycles. The molecule has 0 radical (unpaired) electrons. The van der Waals surface area contributed by atoms with Crippen molar-refractivity contribution in [1.82, 2.24) is 9.97 Å². The van der Waals surface area contributed by atoms with Gasteiger partial charge in [0.2, 0.25) is 0 Å². The standard InChI is InChI=1S/C16H18N2O2S/c1-9(2)15-17-8-13(14(18-15)16(19)20)21-12-6-5-10(3)7-11(12)4/h5-9H,1-4H3,(H,19,20). The van der Waals surface area contributed by atoms with Crippen LogP contribution in [0.1, 0.15) is 47.2 Å². The topological polar surface area (TPSA) is 63.1 Å². The molecular weight excluding hydrogens is 284 g/mol. The molecule has 1 N–H and O–H groups in total. The molecule has 1 aromatic carbocycles. The van der Waals surface area contributed by atoms with Crippen LogP contribution in [0.3, 0.4) is 0 Å². The molecule has 110 valence electrons. The van der Waals surface area contributed by atoms with Crippen molar-refractivity contribution < 1.29 is 9.90 Å². The van der Waals surface area contributed by atoms with Crippen LogP contribution >= 0.6 is 11.8 Å². The molecule has 21 heavy (non-hydrogen) atoms. The van der Waals surface area contributed by atoms with Crippen LogP contribution in [-0.2, 0) is 0 Å². The first-order valence-electron chi connectivity index (χ1n) is 6.74. The molecule has 0 saturated carbocycles. The number of rotatable bonds is 4. The number of hydrogen-bond acceptors (Lipinski definition) is 4. The molecule has 1 aromatic heterocycles. The minimum absolute atomic E-state index is 0.0682. The third-order valence-electron chi connectivity index (χ3n) is 3.04. The number of aromatic nitrogens is 2. The first-order valence-corrected chi connectivity index (χ1v) is 7.55. The van der Waals surface area contributed by atoms with E-state index in [-0.39, 0.29) is 11.6 Å². The number of carboxylic acid groups (broad SMARTS) is 1. The van der Waals surface area contributed by atoms with E-state index in [1.54, 1.807) is 6.20 Å². The Morgan fingerprint density at radius 2 is 1.95 bits per heavy atom. The molecule has 2 rings (SSSR count). The second kappa shape index (κ2) is 6.26. The van der Waals surface area contributed by atoms with Crippen LogP contribution in [0, 0.1) is 13.8 Å². The third kappa shape index (κ3) is 3.61. The Morgan fingerprint density at radius 3 is 2.52 bits per heavy atom. The molecule has 0 aliphatic rings. The summed E-state index contributed by atoms with van der Waals surface area (Å²) < 4.78 is 0. The maximum absolute atomic E-state index is 11.4. The van der Waals surface area contributed by atoms with Crippen LogP contribution in [0.15, 0.2) is 34.2 Å². The zero-order valence-electron chi connectivity index (χ0n) is 12.5. The second-order valence-corrected chi connectivity index (χ2v) is 6.36. The van der Waals surface area contributed by atoms with Gasteiger partial charge in [-0.15, -0.1) is 0 Å². The predicted molar refractivity (Wildman–Crippen MR) is 83.1 cm³/mol. The van der Waals surface area contributed by atoms with Gasteiger partial charge < -0.3 is 5.11 Å². The Bertz CT molecular complexity index is 684. The third-order valence-corrected chi connectivity index (χ3v) is 4.24. The van der Waals surface area contributed by atoms with Gasteiger partial charge in [0.1, 0.15) is 5.82 Å². The van der Waals surface area contributed by atoms with E-state index in [1.165, 1.54) is 17.3 Å². The van der Waals surface area contributed by atoms with E-state index in [0.717, 1.165) is 10.5 Å². The number of aromatic carboxylic acids is 1. The SMILES string of the molecule is Cc1ccc(Sc2cnc(C(C)C)nc2C(=O)O)c(C)c1. The summed E-state index contributed by atoms with van der Waals surface area (Å²) in [4.78, 5) is 21.5. The fraction of sp³-hybridized carbons (Fsp3) is 0.312. The summed E-state index contributed by atoms with van der Waals surface area (Å²) in [5.74, 6) is -0.368. The van der Waals surface area contributed by atoms with Crippen molar-refractivity contribution in [3.05, 3.63) is 47.0 Å². The summed E-state index contributed by atoms with van der Waals surface area (Å²) in [6, 6.07) is 6.09. The molecule has 5 heteroatoms. The van der Waals surface area contributed by atoms with Crippen LogP contribution < -0.4 is 0 Å². The molecule has 0 bridgehead atoms. The highest BCUT2D eigenvalue weighted by atomic mass is 32.2.